The van der Waals surface area contributed by atoms with Crippen molar-refractivity contribution in [3.8, 4) is 0 Å². The normalized spacial score (nSPS) is 9.50. The molecule has 0 heterocycles. The molecular weight excluding hydrogens is 184 g/mol. The number of carbonyl (C=O) groups excluding carboxylic acids is 2. The molecule has 0 saturated carbocycles. The average Bonchev–Trinajstić information content (AvgIpc) is 2.26. The van der Waals surface area contributed by atoms with E-state index in [0.29, 0.717) is 0 Å². The van der Waals surface area contributed by atoms with Crippen LogP contribution in [0.1, 0.15) is 15.9 Å². The molecule has 0 aliphatic heterocycles. The summed E-state index contributed by atoms with van der Waals surface area (Å²) in [4.78, 5) is 21.4. The molecule has 0 bridgehead atoms. The van der Waals surface area contributed by atoms with Crippen molar-refractivity contribution in [3.63, 3.8) is 0 Å². The molecule has 4 heteroatoms. The Morgan fingerprint density at radius 3 is 2.86 bits per heavy atom. The fraction of sp³-hybridized carbons (Fsp3) is 0.200. The van der Waals surface area contributed by atoms with Crippen LogP contribution in [0.25, 0.3) is 0 Å². The molecule has 0 atom stereocenters. The minimum atomic E-state index is -0.599. The SMILES string of the molecule is [O]CCOC(=O)c1cccc([C]=O)c1. The van der Waals surface area contributed by atoms with Crippen molar-refractivity contribution in [1.29, 1.82) is 0 Å². The molecule has 0 fully saturated rings. The van der Waals surface area contributed by atoms with E-state index in [0.717, 1.165) is 0 Å². The van der Waals surface area contributed by atoms with Gasteiger partial charge in [-0.2, -0.15) is 0 Å². The first-order chi connectivity index (χ1) is 6.77. The zero-order valence-electron chi connectivity index (χ0n) is 7.36. The zero-order chi connectivity index (χ0) is 10.4. The van der Waals surface area contributed by atoms with Crippen molar-refractivity contribution < 1.29 is 19.4 Å². The number of esters is 1. The third-order valence-corrected chi connectivity index (χ3v) is 1.53. The Kier molecular flexibility index (Phi) is 3.82. The molecule has 0 amide bonds. The molecule has 4 nitrogen and oxygen atoms in total. The molecule has 0 unspecified atom stereocenters. The van der Waals surface area contributed by atoms with Crippen molar-refractivity contribution in [1.82, 2.24) is 0 Å². The van der Waals surface area contributed by atoms with Crippen LogP contribution in [0.5, 0.6) is 0 Å². The first-order valence-corrected chi connectivity index (χ1v) is 4.01. The largest absolute Gasteiger partial charge is 0.460 e. The monoisotopic (exact) mass is 192 g/mol. The van der Waals surface area contributed by atoms with Crippen molar-refractivity contribution in [3.05, 3.63) is 35.4 Å². The van der Waals surface area contributed by atoms with Crippen LogP contribution < -0.4 is 0 Å². The smallest absolute Gasteiger partial charge is 0.338 e. The number of ether oxygens (including phenoxy) is 1. The van der Waals surface area contributed by atoms with Gasteiger partial charge >= 0.3 is 5.97 Å². The summed E-state index contributed by atoms with van der Waals surface area (Å²) in [6.45, 7) is -0.626. The number of hydrogen-bond acceptors (Lipinski definition) is 3. The summed E-state index contributed by atoms with van der Waals surface area (Å²) in [5.74, 6) is -0.599. The molecule has 0 aliphatic carbocycles. The molecule has 0 saturated heterocycles. The highest BCUT2D eigenvalue weighted by Gasteiger charge is 2.06. The van der Waals surface area contributed by atoms with Gasteiger partial charge in [-0.25, -0.2) is 9.90 Å². The summed E-state index contributed by atoms with van der Waals surface area (Å²) in [7, 11) is 0. The van der Waals surface area contributed by atoms with Crippen LogP contribution in [0.3, 0.4) is 0 Å². The fourth-order valence-corrected chi connectivity index (χ4v) is 0.927. The summed E-state index contributed by atoms with van der Waals surface area (Å²) in [6.07, 6.45) is 1.66. The minimum absolute atomic E-state index is 0.159. The molecule has 14 heavy (non-hydrogen) atoms. The summed E-state index contributed by atoms with van der Waals surface area (Å²) >= 11 is 0. The van der Waals surface area contributed by atoms with Crippen LogP contribution in [0.2, 0.25) is 0 Å². The van der Waals surface area contributed by atoms with Gasteiger partial charge in [-0.1, -0.05) is 12.1 Å². The molecular formula is C10H8O4. The number of carbonyl (C=O) groups is 1. The third kappa shape index (κ3) is 2.67. The van der Waals surface area contributed by atoms with Gasteiger partial charge in [0.2, 0.25) is 6.29 Å². The second kappa shape index (κ2) is 5.14. The van der Waals surface area contributed by atoms with Crippen LogP contribution in [-0.2, 0) is 14.6 Å². The van der Waals surface area contributed by atoms with Gasteiger partial charge in [0.25, 0.3) is 0 Å². The van der Waals surface area contributed by atoms with E-state index in [-0.39, 0.29) is 17.7 Å². The van der Waals surface area contributed by atoms with E-state index in [2.05, 4.69) is 4.74 Å². The second-order valence-corrected chi connectivity index (χ2v) is 2.52. The predicted molar refractivity (Wildman–Crippen MR) is 47.1 cm³/mol. The van der Waals surface area contributed by atoms with Crippen LogP contribution >= 0.6 is 0 Å². The van der Waals surface area contributed by atoms with Crippen LogP contribution in [-0.4, -0.2) is 25.5 Å². The van der Waals surface area contributed by atoms with E-state index in [1.54, 1.807) is 12.4 Å². The molecule has 0 aromatic heterocycles. The van der Waals surface area contributed by atoms with Gasteiger partial charge in [0.05, 0.1) is 5.56 Å². The van der Waals surface area contributed by atoms with E-state index < -0.39 is 12.6 Å². The Morgan fingerprint density at radius 2 is 2.21 bits per heavy atom. The van der Waals surface area contributed by atoms with Gasteiger partial charge in [0.15, 0.2) is 0 Å². The van der Waals surface area contributed by atoms with E-state index >= 15 is 0 Å². The third-order valence-electron chi connectivity index (χ3n) is 1.53. The maximum Gasteiger partial charge on any atom is 0.338 e. The molecule has 1 aromatic rings. The summed E-state index contributed by atoms with van der Waals surface area (Å²) < 4.78 is 4.60. The Balaban J connectivity index is 2.74. The van der Waals surface area contributed by atoms with Crippen molar-refractivity contribution in [2.24, 2.45) is 0 Å². The Bertz CT molecular complexity index is 333. The average molecular weight is 192 g/mol. The summed E-state index contributed by atoms with van der Waals surface area (Å²) in [5, 5.41) is 10.0. The fourth-order valence-electron chi connectivity index (χ4n) is 0.927. The van der Waals surface area contributed by atoms with Gasteiger partial charge in [0.1, 0.15) is 13.2 Å². The molecule has 72 valence electrons. The number of rotatable bonds is 4. The Morgan fingerprint density at radius 1 is 1.43 bits per heavy atom. The highest BCUT2D eigenvalue weighted by atomic mass is 16.5. The summed E-state index contributed by atoms with van der Waals surface area (Å²) in [5.41, 5.74) is 0.529. The lowest BCUT2D eigenvalue weighted by atomic mass is 10.1. The first kappa shape index (κ1) is 10.4. The quantitative estimate of drug-likeness (QED) is 0.660. The van der Waals surface area contributed by atoms with Crippen molar-refractivity contribution in [2.45, 2.75) is 0 Å². The predicted octanol–water partition coefficient (Wildman–Crippen LogP) is 0.732. The van der Waals surface area contributed by atoms with E-state index in [1.807, 2.05) is 0 Å². The zero-order valence-corrected chi connectivity index (χ0v) is 7.36. The Hall–Kier alpha value is -1.68. The van der Waals surface area contributed by atoms with Crippen LogP contribution in [0.15, 0.2) is 24.3 Å². The van der Waals surface area contributed by atoms with Crippen LogP contribution in [0, 0.1) is 0 Å². The maximum atomic E-state index is 11.2. The standard InChI is InChI=1S/C10H8O4/c11-4-5-14-10(13)9-3-1-2-8(6-9)7-12/h1-3,6H,4-5H2. The van der Waals surface area contributed by atoms with E-state index in [1.165, 1.54) is 18.2 Å². The lowest BCUT2D eigenvalue weighted by Gasteiger charge is -2.01. The summed E-state index contributed by atoms with van der Waals surface area (Å²) in [6, 6.07) is 5.94. The van der Waals surface area contributed by atoms with Crippen LogP contribution in [0.4, 0.5) is 0 Å². The van der Waals surface area contributed by atoms with Crippen molar-refractivity contribution >= 4 is 12.3 Å². The molecule has 0 N–H and O–H groups in total. The van der Waals surface area contributed by atoms with Crippen molar-refractivity contribution in [2.75, 3.05) is 13.2 Å². The molecule has 1 rings (SSSR count). The first-order valence-electron chi connectivity index (χ1n) is 4.01. The highest BCUT2D eigenvalue weighted by molar-refractivity contribution is 5.91. The van der Waals surface area contributed by atoms with Gasteiger partial charge in [-0.3, -0.25) is 4.79 Å². The molecule has 1 aromatic carbocycles. The number of benzene rings is 1. The lowest BCUT2D eigenvalue weighted by molar-refractivity contribution is 0.0365. The van der Waals surface area contributed by atoms with Gasteiger partial charge in [-0.05, 0) is 12.1 Å². The van der Waals surface area contributed by atoms with E-state index in [9.17, 15) is 14.7 Å². The van der Waals surface area contributed by atoms with Gasteiger partial charge < -0.3 is 4.74 Å². The molecule has 2 radical (unpaired) electrons. The van der Waals surface area contributed by atoms with E-state index in [4.69, 9.17) is 0 Å². The molecule has 0 aliphatic rings. The minimum Gasteiger partial charge on any atom is -0.460 e. The highest BCUT2D eigenvalue weighted by Crippen LogP contribution is 2.04. The topological polar surface area (TPSA) is 63.3 Å². The van der Waals surface area contributed by atoms with Gasteiger partial charge in [0, 0.05) is 5.56 Å². The Labute approximate surface area is 81.1 Å². The van der Waals surface area contributed by atoms with Gasteiger partial charge in [-0.15, -0.1) is 0 Å². The molecule has 0 spiro atoms. The lowest BCUT2D eigenvalue weighted by Crippen LogP contribution is -2.08. The maximum absolute atomic E-state index is 11.2. The second-order valence-electron chi connectivity index (χ2n) is 2.52. The number of hydrogen-bond donors (Lipinski definition) is 0.